The molecule has 0 radical (unpaired) electrons. The fourth-order valence-corrected chi connectivity index (χ4v) is 4.59. The third-order valence-electron chi connectivity index (χ3n) is 6.02. The van der Waals surface area contributed by atoms with Gasteiger partial charge in [0.1, 0.15) is 0 Å². The van der Waals surface area contributed by atoms with Gasteiger partial charge >= 0.3 is 0 Å². The molecule has 0 spiro atoms. The molecule has 2 aliphatic rings. The minimum absolute atomic E-state index is 0.0492. The van der Waals surface area contributed by atoms with E-state index in [2.05, 4.69) is 72.8 Å². The van der Waals surface area contributed by atoms with Crippen LogP contribution in [0.1, 0.15) is 62.2 Å². The maximum atomic E-state index is 4.94. The first-order valence-electron chi connectivity index (χ1n) is 9.68. The van der Waals surface area contributed by atoms with Crippen LogP contribution in [0.3, 0.4) is 0 Å². The van der Waals surface area contributed by atoms with Crippen molar-refractivity contribution in [2.24, 2.45) is 0 Å². The van der Waals surface area contributed by atoms with Crippen LogP contribution in [0.2, 0.25) is 0 Å². The minimum atomic E-state index is 0.0492. The fraction of sp³-hybridized carbons (Fsp3) is 0.455. The van der Waals surface area contributed by atoms with Crippen LogP contribution < -0.4 is 0 Å². The Bertz CT molecular complexity index is 951. The minimum Gasteiger partial charge on any atom is -0.289 e. The van der Waals surface area contributed by atoms with Gasteiger partial charge in [0.2, 0.25) is 0 Å². The number of hydrogen-bond acceptors (Lipinski definition) is 3. The van der Waals surface area contributed by atoms with Crippen LogP contribution in [-0.2, 0) is 18.4 Å². The van der Waals surface area contributed by atoms with E-state index in [9.17, 15) is 0 Å². The first-order chi connectivity index (χ1) is 12.5. The number of benzene rings is 1. The standard InChI is InChI=1S/C22H26N4/c1-22(2,3)20-12-21-23-13-17-18-10-9-16(11-19(17)26(21)24-20)25(18)14-15-7-5-4-6-8-15/h4-8,12-13,16,18H,9-11,14H2,1-3H3/t16-,18+/m1/s1. The summed E-state index contributed by atoms with van der Waals surface area (Å²) in [4.78, 5) is 7.44. The highest BCUT2D eigenvalue weighted by molar-refractivity contribution is 5.45. The Morgan fingerprint density at radius 1 is 1.12 bits per heavy atom. The third kappa shape index (κ3) is 2.47. The van der Waals surface area contributed by atoms with Crippen molar-refractivity contribution in [1.82, 2.24) is 19.5 Å². The van der Waals surface area contributed by atoms with Gasteiger partial charge in [-0.25, -0.2) is 9.50 Å². The Kier molecular flexibility index (Phi) is 3.48. The van der Waals surface area contributed by atoms with Crippen molar-refractivity contribution >= 4 is 5.65 Å². The molecule has 1 aromatic carbocycles. The highest BCUT2D eigenvalue weighted by Gasteiger charge is 2.41. The number of rotatable bonds is 2. The summed E-state index contributed by atoms with van der Waals surface area (Å²) >= 11 is 0. The Balaban J connectivity index is 1.55. The summed E-state index contributed by atoms with van der Waals surface area (Å²) in [6, 6.07) is 14.1. The summed E-state index contributed by atoms with van der Waals surface area (Å²) in [5.74, 6) is 0. The lowest BCUT2D eigenvalue weighted by Gasteiger charge is -2.36. The van der Waals surface area contributed by atoms with Gasteiger partial charge in [0.05, 0.1) is 11.4 Å². The topological polar surface area (TPSA) is 33.4 Å². The van der Waals surface area contributed by atoms with Crippen molar-refractivity contribution < 1.29 is 0 Å². The molecular formula is C22H26N4. The van der Waals surface area contributed by atoms with Gasteiger partial charge < -0.3 is 0 Å². The summed E-state index contributed by atoms with van der Waals surface area (Å²) in [5, 5.41) is 4.94. The molecule has 2 bridgehead atoms. The molecular weight excluding hydrogens is 320 g/mol. The number of fused-ring (bicyclic) bond motifs is 6. The first-order valence-corrected chi connectivity index (χ1v) is 9.68. The molecule has 1 saturated heterocycles. The zero-order chi connectivity index (χ0) is 17.9. The van der Waals surface area contributed by atoms with Gasteiger partial charge in [-0.2, -0.15) is 5.10 Å². The summed E-state index contributed by atoms with van der Waals surface area (Å²) in [6.45, 7) is 7.67. The molecule has 4 nitrogen and oxygen atoms in total. The van der Waals surface area contributed by atoms with Gasteiger partial charge in [0.15, 0.2) is 5.65 Å². The van der Waals surface area contributed by atoms with Crippen LogP contribution in [0.25, 0.3) is 5.65 Å². The van der Waals surface area contributed by atoms with E-state index in [-0.39, 0.29) is 5.41 Å². The van der Waals surface area contributed by atoms with E-state index in [0.29, 0.717) is 12.1 Å². The molecule has 2 aromatic heterocycles. The largest absolute Gasteiger partial charge is 0.289 e. The normalized spacial score (nSPS) is 22.7. The molecule has 26 heavy (non-hydrogen) atoms. The van der Waals surface area contributed by atoms with Gasteiger partial charge in [0, 0.05) is 48.3 Å². The molecule has 4 heteroatoms. The van der Waals surface area contributed by atoms with E-state index < -0.39 is 0 Å². The van der Waals surface area contributed by atoms with Crippen molar-refractivity contribution in [2.75, 3.05) is 0 Å². The summed E-state index contributed by atoms with van der Waals surface area (Å²) in [7, 11) is 0. The van der Waals surface area contributed by atoms with Gasteiger partial charge in [0.25, 0.3) is 0 Å². The molecule has 1 fully saturated rings. The van der Waals surface area contributed by atoms with Crippen molar-refractivity contribution in [3.05, 3.63) is 65.1 Å². The average Bonchev–Trinajstić information content (AvgIpc) is 3.16. The van der Waals surface area contributed by atoms with E-state index in [1.54, 1.807) is 0 Å². The molecule has 134 valence electrons. The maximum absolute atomic E-state index is 4.94. The maximum Gasteiger partial charge on any atom is 0.155 e. The molecule has 0 saturated carbocycles. The molecule has 0 N–H and O–H groups in total. The van der Waals surface area contributed by atoms with Gasteiger partial charge in [-0.05, 0) is 18.4 Å². The average molecular weight is 346 g/mol. The van der Waals surface area contributed by atoms with Gasteiger partial charge in [-0.3, -0.25) is 4.90 Å². The van der Waals surface area contributed by atoms with E-state index in [0.717, 1.165) is 24.3 Å². The smallest absolute Gasteiger partial charge is 0.155 e. The molecule has 2 atom stereocenters. The van der Waals surface area contributed by atoms with Gasteiger partial charge in [-0.15, -0.1) is 0 Å². The summed E-state index contributed by atoms with van der Waals surface area (Å²) < 4.78 is 2.13. The Morgan fingerprint density at radius 2 is 1.92 bits per heavy atom. The second-order valence-electron chi connectivity index (χ2n) is 8.82. The lowest BCUT2D eigenvalue weighted by Crippen LogP contribution is -2.38. The quantitative estimate of drug-likeness (QED) is 0.694. The lowest BCUT2D eigenvalue weighted by molar-refractivity contribution is 0.165. The van der Waals surface area contributed by atoms with Crippen LogP contribution in [0, 0.1) is 0 Å². The lowest BCUT2D eigenvalue weighted by atomic mass is 9.93. The third-order valence-corrected chi connectivity index (χ3v) is 6.02. The van der Waals surface area contributed by atoms with E-state index >= 15 is 0 Å². The van der Waals surface area contributed by atoms with Crippen LogP contribution in [-0.4, -0.2) is 25.5 Å². The summed E-state index contributed by atoms with van der Waals surface area (Å²) in [6.07, 6.45) is 5.68. The second-order valence-corrected chi connectivity index (χ2v) is 8.82. The predicted octanol–water partition coefficient (Wildman–Crippen LogP) is 4.29. The Labute approximate surface area is 154 Å². The van der Waals surface area contributed by atoms with Crippen molar-refractivity contribution in [2.45, 2.75) is 64.1 Å². The van der Waals surface area contributed by atoms with E-state index in [4.69, 9.17) is 10.1 Å². The number of nitrogens with zero attached hydrogens (tertiary/aromatic N) is 4. The highest BCUT2D eigenvalue weighted by atomic mass is 15.3. The first kappa shape index (κ1) is 16.0. The SMILES string of the molecule is CC(C)(C)c1cc2ncc3c(n2n1)C[C@H]1CC[C@@H]3N1Cc1ccccc1. The van der Waals surface area contributed by atoms with Crippen molar-refractivity contribution in [3.8, 4) is 0 Å². The van der Waals surface area contributed by atoms with Crippen molar-refractivity contribution in [3.63, 3.8) is 0 Å². The fourth-order valence-electron chi connectivity index (χ4n) is 4.59. The molecule has 0 amide bonds. The molecule has 3 aromatic rings. The zero-order valence-electron chi connectivity index (χ0n) is 15.8. The predicted molar refractivity (Wildman–Crippen MR) is 103 cm³/mol. The molecule has 2 aliphatic heterocycles. The summed E-state index contributed by atoms with van der Waals surface area (Å²) in [5.41, 5.74) is 6.32. The Hall–Kier alpha value is -2.20. The second kappa shape index (κ2) is 5.65. The molecule has 5 rings (SSSR count). The van der Waals surface area contributed by atoms with Gasteiger partial charge in [-0.1, -0.05) is 51.1 Å². The number of hydrogen-bond donors (Lipinski definition) is 0. The Morgan fingerprint density at radius 3 is 2.69 bits per heavy atom. The van der Waals surface area contributed by atoms with Crippen LogP contribution in [0.15, 0.2) is 42.6 Å². The molecule has 4 heterocycles. The number of aromatic nitrogens is 3. The van der Waals surface area contributed by atoms with Crippen LogP contribution >= 0.6 is 0 Å². The van der Waals surface area contributed by atoms with Crippen LogP contribution in [0.4, 0.5) is 0 Å². The van der Waals surface area contributed by atoms with E-state index in [1.807, 2.05) is 0 Å². The van der Waals surface area contributed by atoms with Crippen molar-refractivity contribution in [1.29, 1.82) is 0 Å². The van der Waals surface area contributed by atoms with E-state index in [1.165, 1.54) is 29.7 Å². The monoisotopic (exact) mass is 346 g/mol. The van der Waals surface area contributed by atoms with Crippen LogP contribution in [0.5, 0.6) is 0 Å². The molecule has 0 aliphatic carbocycles. The molecule has 0 unspecified atom stereocenters. The zero-order valence-corrected chi connectivity index (χ0v) is 15.8. The highest BCUT2D eigenvalue weighted by Crippen LogP contribution is 2.44.